The highest BCUT2D eigenvalue weighted by Crippen LogP contribution is 2.44. The normalized spacial score (nSPS) is 31.5. The van der Waals surface area contributed by atoms with Gasteiger partial charge in [-0.2, -0.15) is 0 Å². The third-order valence-corrected chi connectivity index (χ3v) is 7.79. The van der Waals surface area contributed by atoms with Gasteiger partial charge in [-0.3, -0.25) is 4.79 Å². The molecule has 3 aromatic rings. The molecular formula is C29H34O17. The zero-order chi connectivity index (χ0) is 33.6. The maximum Gasteiger partial charge on any atom is 0.235 e. The maximum atomic E-state index is 13.8. The number of methoxy groups -OCH3 is 2. The van der Waals surface area contributed by atoms with Gasteiger partial charge in [0.25, 0.3) is 0 Å². The van der Waals surface area contributed by atoms with E-state index in [1.54, 1.807) is 0 Å². The van der Waals surface area contributed by atoms with Gasteiger partial charge in [-0.1, -0.05) is 0 Å². The fraction of sp³-hybridized carbons (Fsp3) is 0.483. The molecule has 5 rings (SSSR count). The van der Waals surface area contributed by atoms with Crippen LogP contribution in [-0.2, 0) is 14.2 Å². The van der Waals surface area contributed by atoms with Crippen LogP contribution in [0.3, 0.4) is 0 Å². The SMILES string of the molecule is COc1cc(-c2oc3c(O)cc(O)cc3c(=O)c2OC2OC(COC3OC(C)C(O)C(O)C3O)C(O)C(O)C2O)cc(OC)c1O. The third-order valence-electron chi connectivity index (χ3n) is 7.79. The van der Waals surface area contributed by atoms with Crippen LogP contribution in [0.2, 0.25) is 0 Å². The van der Waals surface area contributed by atoms with Crippen molar-refractivity contribution in [2.24, 2.45) is 0 Å². The quantitative estimate of drug-likeness (QED) is 0.135. The molecular weight excluding hydrogens is 620 g/mol. The number of aliphatic hydroxyl groups excluding tert-OH is 6. The highest BCUT2D eigenvalue weighted by atomic mass is 16.7. The van der Waals surface area contributed by atoms with Gasteiger partial charge in [0.15, 0.2) is 34.9 Å². The third kappa shape index (κ3) is 5.99. The van der Waals surface area contributed by atoms with Gasteiger partial charge in [-0.15, -0.1) is 0 Å². The molecule has 2 fully saturated rings. The lowest BCUT2D eigenvalue weighted by atomic mass is 9.98. The number of hydrogen-bond donors (Lipinski definition) is 9. The first kappa shape index (κ1) is 33.5. The number of rotatable bonds is 8. The molecule has 0 bridgehead atoms. The fourth-order valence-electron chi connectivity index (χ4n) is 5.18. The number of fused-ring (bicyclic) bond motifs is 1. The molecule has 2 aliphatic heterocycles. The Kier molecular flexibility index (Phi) is 9.50. The van der Waals surface area contributed by atoms with Crippen molar-refractivity contribution in [3.05, 3.63) is 34.5 Å². The Morgan fingerprint density at radius 1 is 0.761 bits per heavy atom. The van der Waals surface area contributed by atoms with E-state index in [1.807, 2.05) is 0 Å². The van der Waals surface area contributed by atoms with Gasteiger partial charge in [-0.25, -0.2) is 0 Å². The molecule has 10 atom stereocenters. The summed E-state index contributed by atoms with van der Waals surface area (Å²) in [6.07, 6.45) is -16.2. The Balaban J connectivity index is 1.52. The van der Waals surface area contributed by atoms with Crippen LogP contribution < -0.4 is 19.6 Å². The average molecular weight is 655 g/mol. The minimum Gasteiger partial charge on any atom is -0.508 e. The standard InChI is InChI=1S/C29H34O17/c1-9-17(32)21(36)23(38)28(43-9)42-8-16-20(35)22(37)24(39)29(44-16)46-27-18(33)12-6-11(30)7-13(31)26(12)45-25(27)10-4-14(40-2)19(34)15(5-10)41-3/h4-7,9,16-17,20-24,28-32,34-39H,8H2,1-3H3. The number of phenols is 3. The molecule has 1 aromatic heterocycles. The van der Waals surface area contributed by atoms with E-state index in [-0.39, 0.29) is 39.5 Å². The van der Waals surface area contributed by atoms with E-state index in [0.29, 0.717) is 0 Å². The molecule has 0 radical (unpaired) electrons. The van der Waals surface area contributed by atoms with Crippen molar-refractivity contribution >= 4 is 11.0 Å². The molecule has 0 saturated carbocycles. The zero-order valence-electron chi connectivity index (χ0n) is 24.6. The molecule has 3 heterocycles. The number of benzene rings is 2. The lowest BCUT2D eigenvalue weighted by Crippen LogP contribution is -2.61. The summed E-state index contributed by atoms with van der Waals surface area (Å²) >= 11 is 0. The average Bonchev–Trinajstić information content (AvgIpc) is 3.03. The summed E-state index contributed by atoms with van der Waals surface area (Å²) in [5.41, 5.74) is -1.33. The van der Waals surface area contributed by atoms with Crippen LogP contribution in [0.1, 0.15) is 6.92 Å². The van der Waals surface area contributed by atoms with Crippen LogP contribution >= 0.6 is 0 Å². The fourth-order valence-corrected chi connectivity index (χ4v) is 5.18. The molecule has 2 aromatic carbocycles. The summed E-state index contributed by atoms with van der Waals surface area (Å²) in [7, 11) is 2.51. The van der Waals surface area contributed by atoms with Crippen molar-refractivity contribution < 1.29 is 78.8 Å². The van der Waals surface area contributed by atoms with Crippen molar-refractivity contribution in [2.45, 2.75) is 68.3 Å². The van der Waals surface area contributed by atoms with E-state index < -0.39 is 90.7 Å². The number of aliphatic hydroxyl groups is 6. The minimum absolute atomic E-state index is 0.0111. The molecule has 0 amide bonds. The Hall–Kier alpha value is -3.91. The van der Waals surface area contributed by atoms with Crippen molar-refractivity contribution in [2.75, 3.05) is 20.8 Å². The van der Waals surface area contributed by atoms with Gasteiger partial charge >= 0.3 is 0 Å². The summed E-state index contributed by atoms with van der Waals surface area (Å²) in [5.74, 6) is -2.75. The summed E-state index contributed by atoms with van der Waals surface area (Å²) in [6, 6.07) is 4.42. The minimum atomic E-state index is -1.97. The smallest absolute Gasteiger partial charge is 0.235 e. The van der Waals surface area contributed by atoms with E-state index in [9.17, 15) is 50.8 Å². The van der Waals surface area contributed by atoms with Gasteiger partial charge in [-0.05, 0) is 25.1 Å². The van der Waals surface area contributed by atoms with Gasteiger partial charge in [0.1, 0.15) is 48.5 Å². The van der Waals surface area contributed by atoms with E-state index in [1.165, 1.54) is 33.3 Å². The van der Waals surface area contributed by atoms with Crippen LogP contribution in [0, 0.1) is 0 Å². The number of ether oxygens (including phenoxy) is 6. The van der Waals surface area contributed by atoms with Crippen molar-refractivity contribution in [1.82, 2.24) is 0 Å². The molecule has 0 aliphatic carbocycles. The van der Waals surface area contributed by atoms with Crippen LogP contribution in [0.15, 0.2) is 33.5 Å². The van der Waals surface area contributed by atoms with Gasteiger partial charge < -0.3 is 78.8 Å². The predicted molar refractivity (Wildman–Crippen MR) is 152 cm³/mol. The molecule has 9 N–H and O–H groups in total. The first-order chi connectivity index (χ1) is 21.8. The Morgan fingerprint density at radius 3 is 2.00 bits per heavy atom. The van der Waals surface area contributed by atoms with Crippen LogP contribution in [-0.4, -0.2) is 128 Å². The number of phenolic OH excluding ortho intramolecular Hbond substituents is 3. The van der Waals surface area contributed by atoms with Gasteiger partial charge in [0.2, 0.25) is 23.2 Å². The molecule has 10 unspecified atom stereocenters. The number of aromatic hydroxyl groups is 3. The van der Waals surface area contributed by atoms with Crippen molar-refractivity contribution in [3.8, 4) is 45.8 Å². The second kappa shape index (κ2) is 13.1. The van der Waals surface area contributed by atoms with Crippen molar-refractivity contribution in [1.29, 1.82) is 0 Å². The molecule has 17 nitrogen and oxygen atoms in total. The zero-order valence-corrected chi connectivity index (χ0v) is 24.6. The van der Waals surface area contributed by atoms with E-state index in [2.05, 4.69) is 0 Å². The summed E-state index contributed by atoms with van der Waals surface area (Å²) in [6.45, 7) is 0.826. The Morgan fingerprint density at radius 2 is 1.37 bits per heavy atom. The number of hydrogen-bond acceptors (Lipinski definition) is 17. The molecule has 0 spiro atoms. The highest BCUT2D eigenvalue weighted by Gasteiger charge is 2.48. The first-order valence-corrected chi connectivity index (χ1v) is 13.9. The molecule has 46 heavy (non-hydrogen) atoms. The second-order valence-corrected chi connectivity index (χ2v) is 10.8. The van der Waals surface area contributed by atoms with Gasteiger partial charge in [0, 0.05) is 11.6 Å². The topological polar surface area (TPSA) is 268 Å². The predicted octanol–water partition coefficient (Wildman–Crippen LogP) is -1.38. The highest BCUT2D eigenvalue weighted by molar-refractivity contribution is 5.88. The van der Waals surface area contributed by atoms with E-state index in [0.717, 1.165) is 12.1 Å². The summed E-state index contributed by atoms with van der Waals surface area (Å²) in [5, 5.41) is 92.8. The largest absolute Gasteiger partial charge is 0.508 e. The Bertz CT molecular complexity index is 1600. The van der Waals surface area contributed by atoms with Crippen LogP contribution in [0.25, 0.3) is 22.3 Å². The molecule has 2 saturated heterocycles. The summed E-state index contributed by atoms with van der Waals surface area (Å²) in [4.78, 5) is 13.8. The maximum absolute atomic E-state index is 13.8. The molecule has 2 aliphatic rings. The van der Waals surface area contributed by atoms with Gasteiger partial charge in [0.05, 0.1) is 32.3 Å². The lowest BCUT2D eigenvalue weighted by Gasteiger charge is -2.42. The molecule has 17 heteroatoms. The van der Waals surface area contributed by atoms with E-state index in [4.69, 9.17) is 32.8 Å². The summed E-state index contributed by atoms with van der Waals surface area (Å²) < 4.78 is 38.6. The van der Waals surface area contributed by atoms with E-state index >= 15 is 0 Å². The molecule has 252 valence electrons. The van der Waals surface area contributed by atoms with Crippen LogP contribution in [0.5, 0.6) is 34.5 Å². The van der Waals surface area contributed by atoms with Crippen molar-refractivity contribution in [3.63, 3.8) is 0 Å². The first-order valence-electron chi connectivity index (χ1n) is 13.9. The Labute approximate surface area is 259 Å². The lowest BCUT2D eigenvalue weighted by molar-refractivity contribution is -0.318. The van der Waals surface area contributed by atoms with Crippen LogP contribution in [0.4, 0.5) is 0 Å². The second-order valence-electron chi connectivity index (χ2n) is 10.8. The monoisotopic (exact) mass is 654 g/mol.